The highest BCUT2D eigenvalue weighted by Crippen LogP contribution is 2.33. The number of aromatic nitrogens is 2. The van der Waals surface area contributed by atoms with Crippen molar-refractivity contribution < 1.29 is 28.3 Å². The molecule has 2 aromatic carbocycles. The van der Waals surface area contributed by atoms with Gasteiger partial charge in [-0.15, -0.1) is 0 Å². The van der Waals surface area contributed by atoms with E-state index in [4.69, 9.17) is 23.5 Å². The summed E-state index contributed by atoms with van der Waals surface area (Å²) in [6.45, 7) is 1.14. The van der Waals surface area contributed by atoms with Gasteiger partial charge in [-0.1, -0.05) is 5.16 Å². The number of ether oxygens (including phenoxy) is 4. The van der Waals surface area contributed by atoms with E-state index in [1.54, 1.807) is 63.7 Å². The minimum absolute atomic E-state index is 0.0478. The van der Waals surface area contributed by atoms with Crippen LogP contribution in [0.5, 0.6) is 23.0 Å². The lowest BCUT2D eigenvalue weighted by Gasteiger charge is -2.31. The zero-order chi connectivity index (χ0) is 23.4. The largest absolute Gasteiger partial charge is 0.497 e. The van der Waals surface area contributed by atoms with E-state index in [-0.39, 0.29) is 11.8 Å². The van der Waals surface area contributed by atoms with Crippen LogP contribution in [0.2, 0.25) is 0 Å². The van der Waals surface area contributed by atoms with E-state index in [9.17, 15) is 4.79 Å². The van der Waals surface area contributed by atoms with Crippen LogP contribution in [-0.2, 0) is 0 Å². The molecule has 1 fully saturated rings. The van der Waals surface area contributed by atoms with Crippen LogP contribution in [0.15, 0.2) is 40.9 Å². The Morgan fingerprint density at radius 1 is 0.970 bits per heavy atom. The van der Waals surface area contributed by atoms with Crippen molar-refractivity contribution in [3.8, 4) is 34.4 Å². The molecule has 1 atom stereocenters. The number of carbonyl (C=O) groups excluding carboxylic acids is 1. The molecule has 1 aliphatic rings. The van der Waals surface area contributed by atoms with Crippen LogP contribution in [-0.4, -0.2) is 62.5 Å². The molecule has 4 rings (SSSR count). The number of benzene rings is 2. The van der Waals surface area contributed by atoms with Crippen LogP contribution < -0.4 is 18.9 Å². The van der Waals surface area contributed by atoms with Gasteiger partial charge >= 0.3 is 0 Å². The summed E-state index contributed by atoms with van der Waals surface area (Å²) in [4.78, 5) is 19.6. The minimum atomic E-state index is -0.0983. The Hall–Kier alpha value is -3.75. The van der Waals surface area contributed by atoms with Crippen molar-refractivity contribution in [1.29, 1.82) is 0 Å². The molecule has 0 saturated carbocycles. The maximum atomic E-state index is 13.2. The van der Waals surface area contributed by atoms with Crippen molar-refractivity contribution in [3.05, 3.63) is 47.9 Å². The van der Waals surface area contributed by atoms with Crippen LogP contribution in [0, 0.1) is 0 Å². The van der Waals surface area contributed by atoms with E-state index in [1.807, 2.05) is 6.07 Å². The molecule has 33 heavy (non-hydrogen) atoms. The number of likely N-dealkylation sites (tertiary alicyclic amines) is 1. The number of hydrogen-bond acceptors (Lipinski definition) is 8. The molecule has 1 amide bonds. The van der Waals surface area contributed by atoms with Gasteiger partial charge in [-0.2, -0.15) is 4.98 Å². The highest BCUT2D eigenvalue weighted by Gasteiger charge is 2.30. The van der Waals surface area contributed by atoms with Gasteiger partial charge in [0.25, 0.3) is 5.91 Å². The van der Waals surface area contributed by atoms with Gasteiger partial charge in [0.05, 0.1) is 39.9 Å². The third-order valence-electron chi connectivity index (χ3n) is 5.78. The fourth-order valence-corrected chi connectivity index (χ4v) is 4.00. The summed E-state index contributed by atoms with van der Waals surface area (Å²) >= 11 is 0. The van der Waals surface area contributed by atoms with Crippen LogP contribution in [0.3, 0.4) is 0 Å². The third-order valence-corrected chi connectivity index (χ3v) is 5.78. The summed E-state index contributed by atoms with van der Waals surface area (Å²) in [5, 5.41) is 4.15. The van der Waals surface area contributed by atoms with Gasteiger partial charge in [0.1, 0.15) is 11.5 Å². The average Bonchev–Trinajstić information content (AvgIpc) is 3.38. The normalized spacial score (nSPS) is 15.8. The van der Waals surface area contributed by atoms with Gasteiger partial charge in [-0.3, -0.25) is 4.79 Å². The van der Waals surface area contributed by atoms with Crippen molar-refractivity contribution in [1.82, 2.24) is 15.0 Å². The molecule has 9 nitrogen and oxygen atoms in total. The van der Waals surface area contributed by atoms with E-state index in [0.29, 0.717) is 53.4 Å². The van der Waals surface area contributed by atoms with E-state index < -0.39 is 0 Å². The zero-order valence-electron chi connectivity index (χ0n) is 19.2. The summed E-state index contributed by atoms with van der Waals surface area (Å²) in [5.74, 6) is 3.16. The highest BCUT2D eigenvalue weighted by molar-refractivity contribution is 5.97. The van der Waals surface area contributed by atoms with Crippen molar-refractivity contribution in [2.24, 2.45) is 0 Å². The predicted molar refractivity (Wildman–Crippen MR) is 120 cm³/mol. The molecule has 9 heteroatoms. The van der Waals surface area contributed by atoms with E-state index in [2.05, 4.69) is 10.1 Å². The first-order chi connectivity index (χ1) is 16.1. The molecule has 0 radical (unpaired) electrons. The van der Waals surface area contributed by atoms with Gasteiger partial charge in [-0.05, 0) is 43.2 Å². The first-order valence-electron chi connectivity index (χ1n) is 10.6. The first kappa shape index (κ1) is 22.4. The Morgan fingerprint density at radius 3 is 2.48 bits per heavy atom. The number of methoxy groups -OCH3 is 4. The lowest BCUT2D eigenvalue weighted by atomic mass is 9.97. The number of piperidine rings is 1. The monoisotopic (exact) mass is 453 g/mol. The Kier molecular flexibility index (Phi) is 6.67. The fraction of sp³-hybridized carbons (Fsp3) is 0.375. The van der Waals surface area contributed by atoms with Crippen LogP contribution in [0.25, 0.3) is 11.4 Å². The lowest BCUT2D eigenvalue weighted by Crippen LogP contribution is -2.39. The maximum Gasteiger partial charge on any atom is 0.257 e. The van der Waals surface area contributed by atoms with Crippen LogP contribution in [0.4, 0.5) is 0 Å². The second kappa shape index (κ2) is 9.81. The molecule has 2 heterocycles. The van der Waals surface area contributed by atoms with E-state index in [1.165, 1.54) is 0 Å². The molecular weight excluding hydrogens is 426 g/mol. The number of amides is 1. The molecular formula is C24H27N3O6. The third kappa shape index (κ3) is 4.57. The molecule has 174 valence electrons. The van der Waals surface area contributed by atoms with Gasteiger partial charge in [0, 0.05) is 24.7 Å². The van der Waals surface area contributed by atoms with Crippen LogP contribution >= 0.6 is 0 Å². The number of rotatable bonds is 7. The van der Waals surface area contributed by atoms with E-state index in [0.717, 1.165) is 18.4 Å². The number of carbonyl (C=O) groups is 1. The molecule has 0 bridgehead atoms. The summed E-state index contributed by atoms with van der Waals surface area (Å²) in [5.41, 5.74) is 1.25. The molecule has 0 aliphatic carbocycles. The highest BCUT2D eigenvalue weighted by atomic mass is 16.5. The lowest BCUT2D eigenvalue weighted by molar-refractivity contribution is 0.0692. The molecule has 0 spiro atoms. The van der Waals surface area contributed by atoms with Crippen molar-refractivity contribution >= 4 is 5.91 Å². The fourth-order valence-electron chi connectivity index (χ4n) is 4.00. The smallest absolute Gasteiger partial charge is 0.257 e. The summed E-state index contributed by atoms with van der Waals surface area (Å²) in [6.07, 6.45) is 1.69. The standard InChI is InChI=1S/C24H27N3O6/c1-29-17-8-9-18(20(13-17)31-3)24(28)27-11-5-6-16(14-27)23-25-22(26-33-23)15-7-10-19(30-2)21(12-15)32-4/h7-10,12-13,16H,5-6,11,14H2,1-4H3/t16-/m0/s1. The van der Waals surface area contributed by atoms with Crippen molar-refractivity contribution in [2.75, 3.05) is 41.5 Å². The van der Waals surface area contributed by atoms with Gasteiger partial charge in [0.2, 0.25) is 11.7 Å². The zero-order valence-corrected chi connectivity index (χ0v) is 19.2. The molecule has 0 N–H and O–H groups in total. The molecule has 1 aromatic heterocycles. The Balaban J connectivity index is 1.52. The summed E-state index contributed by atoms with van der Waals surface area (Å²) < 4.78 is 26.9. The quantitative estimate of drug-likeness (QED) is 0.533. The number of hydrogen-bond donors (Lipinski definition) is 0. The summed E-state index contributed by atoms with van der Waals surface area (Å²) in [7, 11) is 6.28. The summed E-state index contributed by atoms with van der Waals surface area (Å²) in [6, 6.07) is 10.6. The van der Waals surface area contributed by atoms with Crippen LogP contribution in [0.1, 0.15) is 35.0 Å². The Bertz CT molecular complexity index is 1130. The molecule has 0 unspecified atom stereocenters. The SMILES string of the molecule is COc1ccc(C(=O)N2CCC[C@H](c3nc(-c4ccc(OC)c(OC)c4)no3)C2)c(OC)c1. The van der Waals surface area contributed by atoms with Gasteiger partial charge < -0.3 is 28.4 Å². The van der Waals surface area contributed by atoms with Crippen molar-refractivity contribution in [2.45, 2.75) is 18.8 Å². The topological polar surface area (TPSA) is 96.2 Å². The molecule has 1 saturated heterocycles. The Morgan fingerprint density at radius 2 is 1.76 bits per heavy atom. The predicted octanol–water partition coefficient (Wildman–Crippen LogP) is 3.79. The minimum Gasteiger partial charge on any atom is -0.497 e. The van der Waals surface area contributed by atoms with Gasteiger partial charge in [-0.25, -0.2) is 0 Å². The van der Waals surface area contributed by atoms with E-state index >= 15 is 0 Å². The second-order valence-corrected chi connectivity index (χ2v) is 7.68. The second-order valence-electron chi connectivity index (χ2n) is 7.68. The van der Waals surface area contributed by atoms with Gasteiger partial charge in [0.15, 0.2) is 11.5 Å². The first-order valence-corrected chi connectivity index (χ1v) is 10.6. The van der Waals surface area contributed by atoms with Crippen molar-refractivity contribution in [3.63, 3.8) is 0 Å². The Labute approximate surface area is 192 Å². The average molecular weight is 453 g/mol. The molecule has 1 aliphatic heterocycles. The number of nitrogens with zero attached hydrogens (tertiary/aromatic N) is 3. The molecule has 3 aromatic rings. The maximum absolute atomic E-state index is 13.2.